The summed E-state index contributed by atoms with van der Waals surface area (Å²) in [4.78, 5) is 20.2. The Morgan fingerprint density at radius 3 is 0.890 bits per heavy atom. The Kier molecular flexibility index (Phi) is 11.5. The lowest BCUT2D eigenvalue weighted by Crippen LogP contribution is -2.66. The van der Waals surface area contributed by atoms with Gasteiger partial charge in [-0.15, -0.1) is 0 Å². The van der Waals surface area contributed by atoms with Gasteiger partial charge in [-0.3, -0.25) is 0 Å². The fourth-order valence-corrected chi connectivity index (χ4v) is 19.4. The van der Waals surface area contributed by atoms with Gasteiger partial charge in [0.1, 0.15) is 0 Å². The molecular formula is C88H62B4N8. The van der Waals surface area contributed by atoms with Crippen molar-refractivity contribution < 1.29 is 0 Å². The van der Waals surface area contributed by atoms with Gasteiger partial charge in [-0.2, -0.15) is 0 Å². The second-order valence-corrected chi connectivity index (χ2v) is 28.0. The zero-order valence-corrected chi connectivity index (χ0v) is 55.8. The smallest absolute Gasteiger partial charge is 0.252 e. The molecule has 0 amide bonds. The van der Waals surface area contributed by atoms with Crippen LogP contribution in [0.3, 0.4) is 0 Å². The molecule has 0 N–H and O–H groups in total. The van der Waals surface area contributed by atoms with Gasteiger partial charge in [-0.25, -0.2) is 0 Å². The standard InChI is InChI=1S/C88H62B4N8/c1-93-69-40-19-14-35-61(69)89-62-36-15-20-41-70(62)95(3)87-83(89)85(93)86-84-88(87)96(4)78-52-56(49-50-66(78)90(84)63-37-16-21-42-71(63)94(86)2)55-27-24-34-60(51-55)100-73-44-23-18-39-65(73)92-68-53-67-79(54-80(68)99(59-32-12-7-13-33-59)76-47-26-48-77(100)82(76)92)98(58-30-10-6-11-31-58)75-46-25-45-74-81(75)91(67)64-38-17-22-43-72(64)97(74)57-28-8-5-9-29-57/h5-54H,1-4H3. The predicted molar refractivity (Wildman–Crippen MR) is 427 cm³/mol. The molecule has 8 nitrogen and oxygen atoms in total. The quantitative estimate of drug-likeness (QED) is 0.157. The third-order valence-corrected chi connectivity index (χ3v) is 23.3. The molecular weight excluding hydrogens is 1210 g/mol. The number of rotatable bonds is 5. The normalized spacial score (nSPS) is 14.6. The van der Waals surface area contributed by atoms with Gasteiger partial charge < -0.3 is 39.2 Å². The molecule has 0 spiro atoms. The second kappa shape index (κ2) is 20.6. The molecule has 14 aromatic carbocycles. The fraction of sp³-hybridized carbons (Fsp3) is 0.0455. The molecule has 8 aliphatic heterocycles. The van der Waals surface area contributed by atoms with Crippen LogP contribution >= 0.6 is 0 Å². The molecule has 0 aliphatic carbocycles. The highest BCUT2D eigenvalue weighted by atomic mass is 15.2. The van der Waals surface area contributed by atoms with Gasteiger partial charge in [0.2, 0.25) is 0 Å². The van der Waals surface area contributed by atoms with Crippen molar-refractivity contribution in [3.05, 3.63) is 303 Å². The topological polar surface area (TPSA) is 25.9 Å². The van der Waals surface area contributed by atoms with Crippen LogP contribution in [0.4, 0.5) is 114 Å². The molecule has 0 saturated carbocycles. The summed E-state index contributed by atoms with van der Waals surface area (Å²) in [6, 6.07) is 114. The summed E-state index contributed by atoms with van der Waals surface area (Å²) in [5.41, 5.74) is 42.2. The Morgan fingerprint density at radius 2 is 0.470 bits per heavy atom. The Balaban J connectivity index is 0.719. The van der Waals surface area contributed by atoms with E-state index in [2.05, 4.69) is 371 Å². The maximum Gasteiger partial charge on any atom is 0.252 e. The second-order valence-electron chi connectivity index (χ2n) is 28.0. The van der Waals surface area contributed by atoms with Crippen molar-refractivity contribution in [3.63, 3.8) is 0 Å². The van der Waals surface area contributed by atoms with Crippen molar-refractivity contribution in [3.8, 4) is 11.1 Å². The zero-order valence-electron chi connectivity index (χ0n) is 55.8. The molecule has 0 bridgehead atoms. The largest absolute Gasteiger partial charge is 0.344 e. The summed E-state index contributed by atoms with van der Waals surface area (Å²) in [6.45, 7) is -0.0990. The third-order valence-electron chi connectivity index (χ3n) is 23.3. The Labute approximate surface area is 584 Å². The molecule has 8 heterocycles. The number of nitrogens with zero attached hydrogens (tertiary/aromatic N) is 8. The van der Waals surface area contributed by atoms with Crippen LogP contribution < -0.4 is 105 Å². The van der Waals surface area contributed by atoms with Crippen molar-refractivity contribution in [1.29, 1.82) is 0 Å². The van der Waals surface area contributed by atoms with E-state index in [1.165, 1.54) is 162 Å². The first-order valence-corrected chi connectivity index (χ1v) is 35.0. The van der Waals surface area contributed by atoms with Gasteiger partial charge in [0.05, 0.1) is 22.7 Å². The maximum absolute atomic E-state index is 2.63. The van der Waals surface area contributed by atoms with Crippen LogP contribution in [-0.2, 0) is 0 Å². The van der Waals surface area contributed by atoms with E-state index in [-0.39, 0.29) is 26.9 Å². The molecule has 14 aromatic rings. The summed E-state index contributed by atoms with van der Waals surface area (Å²) in [7, 11) is 9.21. The minimum atomic E-state index is -0.0957. The Hall–Kier alpha value is -12.3. The molecule has 12 heteroatoms. The fourth-order valence-electron chi connectivity index (χ4n) is 19.4. The first kappa shape index (κ1) is 55.8. The number of anilines is 20. The molecule has 22 rings (SSSR count). The molecule has 466 valence electrons. The summed E-state index contributed by atoms with van der Waals surface area (Å²) >= 11 is 0. The van der Waals surface area contributed by atoms with Gasteiger partial charge in [0.25, 0.3) is 26.9 Å². The van der Waals surface area contributed by atoms with Crippen LogP contribution in [0, 0.1) is 0 Å². The van der Waals surface area contributed by atoms with E-state index in [0.717, 1.165) is 28.3 Å². The average Bonchev–Trinajstić information content (AvgIpc) is 0.679. The SMILES string of the molecule is CN1c2ccccc2B2c3ccccc3N(C)c3c2c1c1c2c3N(C)c3cc(-c4cccc(N5c6ccccc6B6c7cc8c(cc7N(c7ccccc7)c7cccc5c76)N(c5ccccc5)c5cccc6c5B8c5ccccc5N6c5ccccc5)c4)ccc3B2c2ccccc2N1C. The van der Waals surface area contributed by atoms with E-state index in [4.69, 9.17) is 0 Å². The maximum atomic E-state index is 2.63. The number of hydrogen-bond acceptors (Lipinski definition) is 8. The summed E-state index contributed by atoms with van der Waals surface area (Å²) in [6.07, 6.45) is 0. The van der Waals surface area contributed by atoms with Crippen LogP contribution in [0.1, 0.15) is 0 Å². The Morgan fingerprint density at radius 1 is 0.180 bits per heavy atom. The van der Waals surface area contributed by atoms with Crippen LogP contribution in [0.5, 0.6) is 0 Å². The lowest BCUT2D eigenvalue weighted by atomic mass is 9.30. The summed E-state index contributed by atoms with van der Waals surface area (Å²) < 4.78 is 0. The van der Waals surface area contributed by atoms with Crippen LogP contribution in [0.2, 0.25) is 0 Å². The summed E-state index contributed by atoms with van der Waals surface area (Å²) in [5, 5.41) is 0. The van der Waals surface area contributed by atoms with Crippen molar-refractivity contribution in [2.45, 2.75) is 0 Å². The van der Waals surface area contributed by atoms with Gasteiger partial charge in [0, 0.05) is 119 Å². The van der Waals surface area contributed by atoms with E-state index in [1.807, 2.05) is 0 Å². The van der Waals surface area contributed by atoms with E-state index in [0.29, 0.717) is 0 Å². The molecule has 0 atom stereocenters. The van der Waals surface area contributed by atoms with Gasteiger partial charge >= 0.3 is 0 Å². The first-order valence-electron chi connectivity index (χ1n) is 35.0. The minimum Gasteiger partial charge on any atom is -0.344 e. The average molecular weight is 1270 g/mol. The summed E-state index contributed by atoms with van der Waals surface area (Å²) in [5.74, 6) is 0. The molecule has 0 unspecified atom stereocenters. The third kappa shape index (κ3) is 7.33. The first-order chi connectivity index (χ1) is 49.4. The van der Waals surface area contributed by atoms with Crippen LogP contribution in [0.15, 0.2) is 303 Å². The van der Waals surface area contributed by atoms with Gasteiger partial charge in [-0.05, 0) is 192 Å². The van der Waals surface area contributed by atoms with Gasteiger partial charge in [-0.1, -0.05) is 188 Å². The van der Waals surface area contributed by atoms with E-state index in [9.17, 15) is 0 Å². The highest BCUT2D eigenvalue weighted by molar-refractivity contribution is 7.05. The Bertz CT molecular complexity index is 5860. The van der Waals surface area contributed by atoms with Crippen LogP contribution in [-0.4, -0.2) is 55.0 Å². The van der Waals surface area contributed by atoms with Crippen molar-refractivity contribution >= 4 is 206 Å². The lowest BCUT2D eigenvalue weighted by molar-refractivity contribution is 1.12. The molecule has 100 heavy (non-hydrogen) atoms. The zero-order chi connectivity index (χ0) is 65.9. The van der Waals surface area contributed by atoms with Gasteiger partial charge in [0.15, 0.2) is 0 Å². The number of para-hydroxylation sites is 8. The highest BCUT2D eigenvalue weighted by Gasteiger charge is 2.52. The van der Waals surface area contributed by atoms with E-state index < -0.39 is 0 Å². The lowest BCUT2D eigenvalue weighted by Gasteiger charge is -2.50. The molecule has 0 aromatic heterocycles. The van der Waals surface area contributed by atoms with E-state index >= 15 is 0 Å². The number of fused-ring (bicyclic) bond motifs is 18. The highest BCUT2D eigenvalue weighted by Crippen LogP contribution is 2.53. The van der Waals surface area contributed by atoms with Crippen molar-refractivity contribution in [1.82, 2.24) is 0 Å². The minimum absolute atomic E-state index is 0.00665. The monoisotopic (exact) mass is 1270 g/mol. The van der Waals surface area contributed by atoms with E-state index in [1.54, 1.807) is 0 Å². The molecule has 0 fully saturated rings. The number of hydrogen-bond donors (Lipinski definition) is 0. The molecule has 0 radical (unpaired) electrons. The predicted octanol–water partition coefficient (Wildman–Crippen LogP) is 12.9. The molecule has 0 saturated heterocycles. The molecule has 8 aliphatic rings. The van der Waals surface area contributed by atoms with Crippen LogP contribution in [0.25, 0.3) is 11.1 Å². The van der Waals surface area contributed by atoms with Crippen molar-refractivity contribution in [2.24, 2.45) is 0 Å². The number of benzene rings is 14. The van der Waals surface area contributed by atoms with Crippen molar-refractivity contribution in [2.75, 3.05) is 67.4 Å².